The molecule has 1 rings (SSSR count). The summed E-state index contributed by atoms with van der Waals surface area (Å²) in [6.45, 7) is 2.27. The molecule has 0 aromatic carbocycles. The normalized spacial score (nSPS) is 15.9. The number of hydrogen-bond acceptors (Lipinski definition) is 2. The van der Waals surface area contributed by atoms with Crippen molar-refractivity contribution in [3.05, 3.63) is 0 Å². The van der Waals surface area contributed by atoms with Crippen molar-refractivity contribution in [2.75, 3.05) is 0 Å². The molecule has 1 aliphatic rings. The van der Waals surface area contributed by atoms with Crippen LogP contribution in [-0.4, -0.2) is 17.9 Å². The van der Waals surface area contributed by atoms with Crippen molar-refractivity contribution in [1.29, 1.82) is 0 Å². The third-order valence-corrected chi connectivity index (χ3v) is 5.24. The van der Waals surface area contributed by atoms with Gasteiger partial charge in [-0.15, -0.1) is 0 Å². The lowest BCUT2D eigenvalue weighted by atomic mass is 10.0. The van der Waals surface area contributed by atoms with Gasteiger partial charge in [-0.05, 0) is 12.8 Å². The number of carbonyl (C=O) groups excluding carboxylic acids is 2. The van der Waals surface area contributed by atoms with E-state index in [9.17, 15) is 9.59 Å². The highest BCUT2D eigenvalue weighted by Gasteiger charge is 2.26. The summed E-state index contributed by atoms with van der Waals surface area (Å²) < 4.78 is 0. The Morgan fingerprint density at radius 1 is 0.926 bits per heavy atom. The van der Waals surface area contributed by atoms with Gasteiger partial charge in [-0.2, -0.15) is 0 Å². The molecule has 0 aromatic rings. The van der Waals surface area contributed by atoms with Gasteiger partial charge in [0.2, 0.25) is 5.91 Å². The zero-order valence-corrected chi connectivity index (χ0v) is 17.4. The average Bonchev–Trinajstić information content (AvgIpc) is 3.10. The highest BCUT2D eigenvalue weighted by molar-refractivity contribution is 5.91. The fourth-order valence-corrected chi connectivity index (χ4v) is 3.47. The van der Waals surface area contributed by atoms with Gasteiger partial charge in [0.25, 0.3) is 5.91 Å². The van der Waals surface area contributed by atoms with Gasteiger partial charge in [0.15, 0.2) is 0 Å². The van der Waals surface area contributed by atoms with Crippen LogP contribution < -0.4 is 10.6 Å². The van der Waals surface area contributed by atoms with Crippen molar-refractivity contribution in [3.63, 3.8) is 0 Å². The number of rotatable bonds is 15. The maximum absolute atomic E-state index is 11.7. The molecule has 1 aliphatic heterocycles. The van der Waals surface area contributed by atoms with Gasteiger partial charge in [-0.25, -0.2) is 0 Å². The Morgan fingerprint density at radius 2 is 1.44 bits per heavy atom. The average molecular weight is 377 g/mol. The van der Waals surface area contributed by atoms with Crippen LogP contribution in [0.15, 0.2) is 0 Å². The Bertz CT molecular complexity index is 465. The Labute approximate surface area is 166 Å². The minimum absolute atomic E-state index is 0.0504. The predicted octanol–water partition coefficient (Wildman–Crippen LogP) is 5.21. The SMILES string of the molecule is CCCCCCCCCCCCCCCCC#CNC(=O)C1CCC(=O)N1. The lowest BCUT2D eigenvalue weighted by Gasteiger charge is -2.05. The molecule has 0 radical (unpaired) electrons. The molecule has 2 amide bonds. The number of hydrogen-bond donors (Lipinski definition) is 2. The zero-order valence-electron chi connectivity index (χ0n) is 17.4. The second kappa shape index (κ2) is 16.7. The second-order valence-corrected chi connectivity index (χ2v) is 7.80. The van der Waals surface area contributed by atoms with E-state index in [1.807, 2.05) is 0 Å². The molecule has 27 heavy (non-hydrogen) atoms. The topological polar surface area (TPSA) is 58.2 Å². The first-order valence-electron chi connectivity index (χ1n) is 11.3. The summed E-state index contributed by atoms with van der Waals surface area (Å²) in [6.07, 6.45) is 20.8. The van der Waals surface area contributed by atoms with Crippen molar-refractivity contribution < 1.29 is 9.59 Å². The van der Waals surface area contributed by atoms with Crippen molar-refractivity contribution in [1.82, 2.24) is 10.6 Å². The monoisotopic (exact) mass is 376 g/mol. The summed E-state index contributed by atoms with van der Waals surface area (Å²) >= 11 is 0. The number of unbranched alkanes of at least 4 members (excludes halogenated alkanes) is 14. The summed E-state index contributed by atoms with van der Waals surface area (Å²) in [4.78, 5) is 22.8. The molecule has 0 saturated carbocycles. The van der Waals surface area contributed by atoms with Crippen molar-refractivity contribution in [2.24, 2.45) is 0 Å². The Kier molecular flexibility index (Phi) is 14.5. The van der Waals surface area contributed by atoms with E-state index in [2.05, 4.69) is 29.5 Å². The standard InChI is InChI=1S/C23H40N2O2/c1-2-3-4-5-6-7-8-9-10-11-12-13-14-15-16-17-20-24-23(27)21-18-19-22(26)25-21/h21H,2-16,18-19H2,1H3,(H,24,27)(H,25,26). The van der Waals surface area contributed by atoms with Crippen molar-refractivity contribution >= 4 is 11.8 Å². The third-order valence-electron chi connectivity index (χ3n) is 5.24. The fraction of sp³-hybridized carbons (Fsp3) is 0.826. The first-order chi connectivity index (χ1) is 13.2. The highest BCUT2D eigenvalue weighted by atomic mass is 16.2. The Balaban J connectivity index is 1.79. The van der Waals surface area contributed by atoms with Gasteiger partial charge < -0.3 is 5.32 Å². The number of amides is 2. The van der Waals surface area contributed by atoms with E-state index in [1.54, 1.807) is 0 Å². The number of carbonyl (C=O) groups is 2. The molecule has 0 aliphatic carbocycles. The summed E-state index contributed by atoms with van der Waals surface area (Å²) in [5.41, 5.74) is 0. The van der Waals surface area contributed by atoms with Crippen LogP contribution in [0.5, 0.6) is 0 Å². The van der Waals surface area contributed by atoms with E-state index in [0.29, 0.717) is 12.8 Å². The Hall–Kier alpha value is -1.50. The quantitative estimate of drug-likeness (QED) is 0.234. The number of nitrogens with one attached hydrogen (secondary N) is 2. The van der Waals surface area contributed by atoms with Gasteiger partial charge in [-0.3, -0.25) is 14.9 Å². The molecule has 154 valence electrons. The van der Waals surface area contributed by atoms with Crippen LogP contribution in [0.3, 0.4) is 0 Å². The highest BCUT2D eigenvalue weighted by Crippen LogP contribution is 2.13. The molecule has 1 atom stereocenters. The van der Waals surface area contributed by atoms with Crippen molar-refractivity contribution in [2.45, 2.75) is 122 Å². The van der Waals surface area contributed by atoms with Crippen LogP contribution in [0.1, 0.15) is 116 Å². The predicted molar refractivity (Wildman–Crippen MR) is 112 cm³/mol. The molecule has 1 unspecified atom stereocenters. The van der Waals surface area contributed by atoms with Crippen LogP contribution in [0.2, 0.25) is 0 Å². The van der Waals surface area contributed by atoms with Gasteiger partial charge in [0.05, 0.1) is 0 Å². The lowest BCUT2D eigenvalue weighted by Crippen LogP contribution is -2.39. The van der Waals surface area contributed by atoms with Crippen LogP contribution in [0, 0.1) is 12.0 Å². The minimum atomic E-state index is -0.396. The van der Waals surface area contributed by atoms with E-state index in [-0.39, 0.29) is 11.8 Å². The van der Waals surface area contributed by atoms with E-state index in [4.69, 9.17) is 0 Å². The minimum Gasteiger partial charge on any atom is -0.344 e. The molecule has 0 bridgehead atoms. The van der Waals surface area contributed by atoms with Gasteiger partial charge in [-0.1, -0.05) is 96.3 Å². The second-order valence-electron chi connectivity index (χ2n) is 7.80. The largest absolute Gasteiger partial charge is 0.344 e. The fourth-order valence-electron chi connectivity index (χ4n) is 3.47. The summed E-state index contributed by atoms with van der Waals surface area (Å²) in [7, 11) is 0. The Morgan fingerprint density at radius 3 is 1.93 bits per heavy atom. The molecule has 0 aromatic heterocycles. The molecular formula is C23H40N2O2. The maximum Gasteiger partial charge on any atom is 0.254 e. The maximum atomic E-state index is 11.7. The molecule has 4 nitrogen and oxygen atoms in total. The molecule has 1 heterocycles. The van der Waals surface area contributed by atoms with E-state index in [0.717, 1.165) is 12.8 Å². The van der Waals surface area contributed by atoms with E-state index < -0.39 is 6.04 Å². The van der Waals surface area contributed by atoms with Crippen molar-refractivity contribution in [3.8, 4) is 12.0 Å². The van der Waals surface area contributed by atoms with Gasteiger partial charge in [0.1, 0.15) is 6.04 Å². The summed E-state index contributed by atoms with van der Waals surface area (Å²) in [6, 6.07) is 2.33. The molecule has 1 saturated heterocycles. The molecule has 0 spiro atoms. The van der Waals surface area contributed by atoms with Crippen LogP contribution in [-0.2, 0) is 9.59 Å². The zero-order chi connectivity index (χ0) is 19.6. The first kappa shape index (κ1) is 23.5. The lowest BCUT2D eigenvalue weighted by molar-refractivity contribution is -0.125. The molecule has 4 heteroatoms. The molecular weight excluding hydrogens is 336 g/mol. The third kappa shape index (κ3) is 13.3. The molecule has 1 fully saturated rings. The van der Waals surface area contributed by atoms with Gasteiger partial charge in [0, 0.05) is 18.9 Å². The van der Waals surface area contributed by atoms with Crippen LogP contribution >= 0.6 is 0 Å². The van der Waals surface area contributed by atoms with Crippen LogP contribution in [0.4, 0.5) is 0 Å². The first-order valence-corrected chi connectivity index (χ1v) is 11.3. The van der Waals surface area contributed by atoms with E-state index >= 15 is 0 Å². The van der Waals surface area contributed by atoms with E-state index in [1.165, 1.54) is 83.5 Å². The van der Waals surface area contributed by atoms with Crippen LogP contribution in [0.25, 0.3) is 0 Å². The van der Waals surface area contributed by atoms with Gasteiger partial charge >= 0.3 is 0 Å². The summed E-state index contributed by atoms with van der Waals surface area (Å²) in [5, 5.41) is 5.22. The smallest absolute Gasteiger partial charge is 0.254 e. The summed E-state index contributed by atoms with van der Waals surface area (Å²) in [5.74, 6) is 2.76. The molecule has 2 N–H and O–H groups in total.